The van der Waals surface area contributed by atoms with Crippen LogP contribution in [-0.4, -0.2) is 68.7 Å². The normalized spacial score (nSPS) is 15.4. The van der Waals surface area contributed by atoms with Gasteiger partial charge in [0.2, 0.25) is 15.9 Å². The van der Waals surface area contributed by atoms with E-state index in [2.05, 4.69) is 4.90 Å². The van der Waals surface area contributed by atoms with Gasteiger partial charge in [-0.3, -0.25) is 4.79 Å². The Morgan fingerprint density at radius 1 is 1.03 bits per heavy atom. The molecule has 170 valence electrons. The van der Waals surface area contributed by atoms with Crippen LogP contribution >= 0.6 is 0 Å². The number of piperidine rings is 1. The predicted molar refractivity (Wildman–Crippen MR) is 123 cm³/mol. The number of nitrogens with zero attached hydrogens (tertiary/aromatic N) is 4. The maximum absolute atomic E-state index is 13.3. The monoisotopic (exact) mass is 454 g/mol. The first kappa shape index (κ1) is 23.9. The molecule has 7 nitrogen and oxygen atoms in total. The second-order valence-corrected chi connectivity index (χ2v) is 10.3. The number of carbonyl (C=O) groups excluding carboxylic acids is 1. The van der Waals surface area contributed by atoms with E-state index in [1.807, 2.05) is 55.4 Å². The number of amides is 1. The highest BCUT2D eigenvalue weighted by Gasteiger charge is 2.33. The first-order valence-corrected chi connectivity index (χ1v) is 12.2. The fourth-order valence-corrected chi connectivity index (χ4v) is 5.31. The van der Waals surface area contributed by atoms with Crippen LogP contribution in [0.3, 0.4) is 0 Å². The minimum Gasteiger partial charge on any atom is -0.337 e. The molecule has 2 aromatic rings. The average molecular weight is 455 g/mol. The molecule has 0 atom stereocenters. The largest absolute Gasteiger partial charge is 0.337 e. The van der Waals surface area contributed by atoms with Crippen LogP contribution in [0.4, 0.5) is 0 Å². The lowest BCUT2D eigenvalue weighted by Crippen LogP contribution is -2.45. The molecule has 1 fully saturated rings. The predicted octanol–water partition coefficient (Wildman–Crippen LogP) is 2.55. The molecule has 1 saturated heterocycles. The van der Waals surface area contributed by atoms with Gasteiger partial charge < -0.3 is 9.80 Å². The van der Waals surface area contributed by atoms with Crippen molar-refractivity contribution in [2.75, 3.05) is 40.3 Å². The molecule has 1 aliphatic rings. The van der Waals surface area contributed by atoms with Crippen LogP contribution in [0.5, 0.6) is 0 Å². The van der Waals surface area contributed by atoms with Crippen LogP contribution in [0, 0.1) is 17.2 Å². The molecule has 1 heterocycles. The zero-order chi connectivity index (χ0) is 23.1. The van der Waals surface area contributed by atoms with Crippen LogP contribution < -0.4 is 0 Å². The summed E-state index contributed by atoms with van der Waals surface area (Å²) in [5.74, 6) is -0.0978. The molecule has 32 heavy (non-hydrogen) atoms. The topological polar surface area (TPSA) is 84.7 Å². The van der Waals surface area contributed by atoms with Crippen LogP contribution in [0.2, 0.25) is 0 Å². The maximum atomic E-state index is 13.3. The van der Waals surface area contributed by atoms with Gasteiger partial charge in [-0.2, -0.15) is 9.57 Å². The lowest BCUT2D eigenvalue weighted by atomic mass is 9.96. The van der Waals surface area contributed by atoms with E-state index in [1.165, 1.54) is 28.6 Å². The number of hydrogen-bond acceptors (Lipinski definition) is 5. The Morgan fingerprint density at radius 2 is 1.66 bits per heavy atom. The molecular weight excluding hydrogens is 424 g/mol. The van der Waals surface area contributed by atoms with Gasteiger partial charge in [0, 0.05) is 38.6 Å². The third-order valence-corrected chi connectivity index (χ3v) is 7.68. The van der Waals surface area contributed by atoms with Gasteiger partial charge in [0.1, 0.15) is 0 Å². The van der Waals surface area contributed by atoms with Gasteiger partial charge in [0.25, 0.3) is 0 Å². The number of hydrogen-bond donors (Lipinski definition) is 0. The molecule has 3 rings (SSSR count). The molecule has 0 spiro atoms. The minimum atomic E-state index is -3.63. The Labute approximate surface area is 190 Å². The highest BCUT2D eigenvalue weighted by Crippen LogP contribution is 2.26. The summed E-state index contributed by atoms with van der Waals surface area (Å²) in [6, 6.07) is 17.9. The quantitative estimate of drug-likeness (QED) is 0.612. The van der Waals surface area contributed by atoms with Gasteiger partial charge >= 0.3 is 0 Å². The van der Waals surface area contributed by atoms with Crippen molar-refractivity contribution < 1.29 is 13.2 Å². The van der Waals surface area contributed by atoms with Crippen molar-refractivity contribution in [3.8, 4) is 6.07 Å². The number of benzene rings is 2. The Bertz CT molecular complexity index is 1040. The maximum Gasteiger partial charge on any atom is 0.243 e. The molecule has 2 aromatic carbocycles. The number of carbonyl (C=O) groups is 1. The average Bonchev–Trinajstić information content (AvgIpc) is 2.82. The minimum absolute atomic E-state index is 0.0890. The van der Waals surface area contributed by atoms with Gasteiger partial charge in [-0.15, -0.1) is 0 Å². The SMILES string of the molecule is CN(C)CCN(Cc1ccccc1)C(=O)C1CCN(S(=O)(=O)c2ccc(C#N)cc2)CC1. The molecule has 0 aromatic heterocycles. The smallest absolute Gasteiger partial charge is 0.243 e. The number of nitriles is 1. The Morgan fingerprint density at radius 3 is 2.22 bits per heavy atom. The molecule has 0 bridgehead atoms. The van der Waals surface area contributed by atoms with E-state index in [1.54, 1.807) is 0 Å². The standard InChI is InChI=1S/C24H30N4O3S/c1-26(2)16-17-27(19-21-6-4-3-5-7-21)24(29)22-12-14-28(15-13-22)32(30,31)23-10-8-20(18-25)9-11-23/h3-11,22H,12-17,19H2,1-2H3. The molecule has 0 aliphatic carbocycles. The summed E-state index contributed by atoms with van der Waals surface area (Å²) in [5, 5.41) is 8.92. The third-order valence-electron chi connectivity index (χ3n) is 5.77. The van der Waals surface area contributed by atoms with Gasteiger partial charge in [0.15, 0.2) is 0 Å². The van der Waals surface area contributed by atoms with Crippen molar-refractivity contribution in [1.82, 2.24) is 14.1 Å². The fourth-order valence-electron chi connectivity index (χ4n) is 3.84. The Balaban J connectivity index is 1.65. The zero-order valence-electron chi connectivity index (χ0n) is 18.6. The molecule has 1 amide bonds. The lowest BCUT2D eigenvalue weighted by Gasteiger charge is -2.34. The van der Waals surface area contributed by atoms with Crippen molar-refractivity contribution in [2.45, 2.75) is 24.3 Å². The van der Waals surface area contributed by atoms with Gasteiger partial charge in [0.05, 0.1) is 16.5 Å². The molecule has 0 unspecified atom stereocenters. The van der Waals surface area contributed by atoms with E-state index in [0.717, 1.165) is 12.1 Å². The van der Waals surface area contributed by atoms with E-state index in [0.29, 0.717) is 44.6 Å². The molecular formula is C24H30N4O3S. The first-order valence-electron chi connectivity index (χ1n) is 10.8. The van der Waals surface area contributed by atoms with E-state index < -0.39 is 10.0 Å². The van der Waals surface area contributed by atoms with Crippen molar-refractivity contribution in [1.29, 1.82) is 5.26 Å². The Kier molecular flexibility index (Phi) is 8.02. The Hall–Kier alpha value is -2.73. The first-order chi connectivity index (χ1) is 15.3. The summed E-state index contributed by atoms with van der Waals surface area (Å²) < 4.78 is 27.4. The highest BCUT2D eigenvalue weighted by atomic mass is 32.2. The molecule has 8 heteroatoms. The van der Waals surface area contributed by atoms with E-state index in [4.69, 9.17) is 5.26 Å². The molecule has 1 aliphatic heterocycles. The van der Waals surface area contributed by atoms with Crippen LogP contribution in [-0.2, 0) is 21.4 Å². The number of rotatable bonds is 8. The van der Waals surface area contributed by atoms with Crippen molar-refractivity contribution in [3.63, 3.8) is 0 Å². The number of sulfonamides is 1. The second kappa shape index (κ2) is 10.7. The van der Waals surface area contributed by atoms with Gasteiger partial charge in [-0.1, -0.05) is 30.3 Å². The summed E-state index contributed by atoms with van der Waals surface area (Å²) in [6.45, 7) is 2.57. The summed E-state index contributed by atoms with van der Waals surface area (Å²) >= 11 is 0. The van der Waals surface area contributed by atoms with Crippen LogP contribution in [0.25, 0.3) is 0 Å². The highest BCUT2D eigenvalue weighted by molar-refractivity contribution is 7.89. The third kappa shape index (κ3) is 5.94. The van der Waals surface area contributed by atoms with Crippen molar-refractivity contribution >= 4 is 15.9 Å². The van der Waals surface area contributed by atoms with Crippen molar-refractivity contribution in [2.24, 2.45) is 5.92 Å². The van der Waals surface area contributed by atoms with Crippen LogP contribution in [0.15, 0.2) is 59.5 Å². The van der Waals surface area contributed by atoms with Gasteiger partial charge in [-0.05, 0) is 56.8 Å². The van der Waals surface area contributed by atoms with Gasteiger partial charge in [-0.25, -0.2) is 8.42 Å². The molecule has 0 radical (unpaired) electrons. The van der Waals surface area contributed by atoms with E-state index in [-0.39, 0.29) is 16.7 Å². The molecule has 0 saturated carbocycles. The second-order valence-electron chi connectivity index (χ2n) is 8.36. The van der Waals surface area contributed by atoms with E-state index >= 15 is 0 Å². The summed E-state index contributed by atoms with van der Waals surface area (Å²) in [7, 11) is 0.334. The zero-order valence-corrected chi connectivity index (χ0v) is 19.5. The number of likely N-dealkylation sites (N-methyl/N-ethyl adjacent to an activating group) is 1. The van der Waals surface area contributed by atoms with E-state index in [9.17, 15) is 13.2 Å². The van der Waals surface area contributed by atoms with Crippen LogP contribution in [0.1, 0.15) is 24.0 Å². The lowest BCUT2D eigenvalue weighted by molar-refractivity contribution is -0.137. The summed E-state index contributed by atoms with van der Waals surface area (Å²) in [6.07, 6.45) is 1.00. The summed E-state index contributed by atoms with van der Waals surface area (Å²) in [5.41, 5.74) is 1.50. The molecule has 0 N–H and O–H groups in total. The summed E-state index contributed by atoms with van der Waals surface area (Å²) in [4.78, 5) is 17.4. The fraction of sp³-hybridized carbons (Fsp3) is 0.417. The van der Waals surface area contributed by atoms with Crippen molar-refractivity contribution in [3.05, 3.63) is 65.7 Å².